The highest BCUT2D eigenvalue weighted by atomic mass is 16.3. The van der Waals surface area contributed by atoms with Gasteiger partial charge in [-0.2, -0.15) is 9.81 Å². The molecule has 0 radical (unpaired) electrons. The Hall–Kier alpha value is -0.800. The van der Waals surface area contributed by atoms with Crippen LogP contribution in [0.2, 0.25) is 0 Å². The lowest BCUT2D eigenvalue weighted by Crippen LogP contribution is -2.03. The second-order valence-electron chi connectivity index (χ2n) is 2.49. The van der Waals surface area contributed by atoms with Gasteiger partial charge in [0.2, 0.25) is 0 Å². The molecule has 0 aromatic carbocycles. The molecule has 0 bridgehead atoms. The van der Waals surface area contributed by atoms with Crippen molar-refractivity contribution in [1.82, 2.24) is 0 Å². The Bertz CT molecular complexity index is 102. The molecule has 0 aromatic heterocycles. The van der Waals surface area contributed by atoms with Gasteiger partial charge in [0, 0.05) is 0 Å². The number of rotatable bonds is 5. The van der Waals surface area contributed by atoms with E-state index < -0.39 is 0 Å². The molecule has 0 amide bonds. The van der Waals surface area contributed by atoms with Crippen LogP contribution in [0.5, 0.6) is 0 Å². The van der Waals surface area contributed by atoms with E-state index >= 15 is 0 Å². The maximum absolute atomic E-state index is 9.85. The molecule has 2 atom stereocenters. The fourth-order valence-corrected chi connectivity index (χ4v) is 0.588. The van der Waals surface area contributed by atoms with Gasteiger partial charge in [-0.15, -0.1) is 0 Å². The topological polar surface area (TPSA) is 58.9 Å². The average molecular weight is 144 g/mol. The molecule has 58 valence electrons. The summed E-state index contributed by atoms with van der Waals surface area (Å²) in [4.78, 5) is 19.7. The third-order valence-corrected chi connectivity index (χ3v) is 1.36. The highest BCUT2D eigenvalue weighted by molar-refractivity contribution is 4.64. The predicted molar refractivity (Wildman–Crippen MR) is 39.7 cm³/mol. The molecular formula is C6H12N2O2. The van der Waals surface area contributed by atoms with Crippen LogP contribution in [0.15, 0.2) is 10.4 Å². The first-order valence-corrected chi connectivity index (χ1v) is 3.35. The van der Waals surface area contributed by atoms with Crippen LogP contribution >= 0.6 is 0 Å². The van der Waals surface area contributed by atoms with Crippen molar-refractivity contribution in [1.29, 1.82) is 0 Å². The van der Waals surface area contributed by atoms with E-state index in [1.165, 1.54) is 0 Å². The molecule has 4 heteroatoms. The molecule has 0 aliphatic carbocycles. The highest BCUT2D eigenvalue weighted by Gasteiger charge is 2.05. The molecule has 0 aromatic rings. The van der Waals surface area contributed by atoms with E-state index in [1.54, 1.807) is 13.8 Å². The molecule has 0 saturated carbocycles. The van der Waals surface area contributed by atoms with E-state index in [0.717, 1.165) is 0 Å². The minimum Gasteiger partial charge on any atom is -0.151 e. The standard InChI is InChI=1S/C6H12N2O2/c1-5(7-9)3-4-6(2)8-10/h5-6H,3-4H2,1-2H3. The molecule has 0 aliphatic rings. The SMILES string of the molecule is CC(CCC(C)N=O)N=O. The van der Waals surface area contributed by atoms with Gasteiger partial charge in [-0.3, -0.25) is 0 Å². The summed E-state index contributed by atoms with van der Waals surface area (Å²) in [5.74, 6) is 0. The molecule has 0 aliphatic heterocycles. The molecule has 0 N–H and O–H groups in total. The van der Waals surface area contributed by atoms with Gasteiger partial charge in [0.25, 0.3) is 0 Å². The van der Waals surface area contributed by atoms with Gasteiger partial charge in [-0.05, 0) is 26.7 Å². The second kappa shape index (κ2) is 5.02. The van der Waals surface area contributed by atoms with E-state index in [1.807, 2.05) is 0 Å². The minimum absolute atomic E-state index is 0.191. The van der Waals surface area contributed by atoms with Crippen molar-refractivity contribution in [2.75, 3.05) is 0 Å². The molecule has 0 rings (SSSR count). The summed E-state index contributed by atoms with van der Waals surface area (Å²) in [5, 5.41) is 5.60. The third-order valence-electron chi connectivity index (χ3n) is 1.36. The van der Waals surface area contributed by atoms with Crippen LogP contribution in [0, 0.1) is 9.81 Å². The third kappa shape index (κ3) is 4.12. The Morgan fingerprint density at radius 1 is 1.00 bits per heavy atom. The van der Waals surface area contributed by atoms with Crippen molar-refractivity contribution in [2.45, 2.75) is 38.8 Å². The minimum atomic E-state index is -0.191. The summed E-state index contributed by atoms with van der Waals surface area (Å²) in [6, 6.07) is -0.381. The fraction of sp³-hybridized carbons (Fsp3) is 1.00. The van der Waals surface area contributed by atoms with Crippen molar-refractivity contribution < 1.29 is 0 Å². The zero-order valence-corrected chi connectivity index (χ0v) is 6.28. The van der Waals surface area contributed by atoms with E-state index in [-0.39, 0.29) is 12.1 Å². The molecule has 0 fully saturated rings. The lowest BCUT2D eigenvalue weighted by atomic mass is 10.1. The first-order valence-electron chi connectivity index (χ1n) is 3.35. The number of nitrogens with zero attached hydrogens (tertiary/aromatic N) is 2. The quantitative estimate of drug-likeness (QED) is 0.554. The molecule has 0 spiro atoms. The first-order chi connectivity index (χ1) is 4.70. The van der Waals surface area contributed by atoms with E-state index in [2.05, 4.69) is 10.4 Å². The Kier molecular flexibility index (Phi) is 4.62. The zero-order chi connectivity index (χ0) is 7.98. The summed E-state index contributed by atoms with van der Waals surface area (Å²) in [7, 11) is 0. The molecule has 10 heavy (non-hydrogen) atoms. The Balaban J connectivity index is 3.34. The van der Waals surface area contributed by atoms with Gasteiger partial charge in [0.05, 0.1) is 12.1 Å². The van der Waals surface area contributed by atoms with E-state index in [9.17, 15) is 9.81 Å². The van der Waals surface area contributed by atoms with Crippen molar-refractivity contribution in [3.63, 3.8) is 0 Å². The lowest BCUT2D eigenvalue weighted by Gasteiger charge is -2.02. The van der Waals surface area contributed by atoms with E-state index in [4.69, 9.17) is 0 Å². The van der Waals surface area contributed by atoms with Crippen LogP contribution in [0.3, 0.4) is 0 Å². The van der Waals surface area contributed by atoms with Crippen molar-refractivity contribution in [3.05, 3.63) is 9.81 Å². The molecule has 4 nitrogen and oxygen atoms in total. The van der Waals surface area contributed by atoms with Gasteiger partial charge in [0.15, 0.2) is 0 Å². The number of hydrogen-bond acceptors (Lipinski definition) is 4. The second-order valence-corrected chi connectivity index (χ2v) is 2.49. The molecule has 0 heterocycles. The molecule has 2 unspecified atom stereocenters. The Morgan fingerprint density at radius 2 is 1.30 bits per heavy atom. The monoisotopic (exact) mass is 144 g/mol. The van der Waals surface area contributed by atoms with Crippen LogP contribution < -0.4 is 0 Å². The van der Waals surface area contributed by atoms with Crippen LogP contribution in [0.4, 0.5) is 0 Å². The normalized spacial score (nSPS) is 15.8. The highest BCUT2D eigenvalue weighted by Crippen LogP contribution is 2.05. The molecule has 0 saturated heterocycles. The predicted octanol–water partition coefficient (Wildman–Crippen LogP) is 2.08. The summed E-state index contributed by atoms with van der Waals surface area (Å²) >= 11 is 0. The van der Waals surface area contributed by atoms with Crippen LogP contribution in [0.25, 0.3) is 0 Å². The lowest BCUT2D eigenvalue weighted by molar-refractivity contribution is 0.563. The van der Waals surface area contributed by atoms with Gasteiger partial charge in [-0.1, -0.05) is 10.4 Å². The van der Waals surface area contributed by atoms with Crippen molar-refractivity contribution in [2.24, 2.45) is 10.4 Å². The summed E-state index contributed by atoms with van der Waals surface area (Å²) in [6.07, 6.45) is 1.30. The van der Waals surface area contributed by atoms with Crippen molar-refractivity contribution >= 4 is 0 Å². The largest absolute Gasteiger partial charge is 0.151 e. The average Bonchev–Trinajstić information content (AvgIpc) is 1.99. The number of hydrogen-bond donors (Lipinski definition) is 0. The Labute approximate surface area is 60.0 Å². The fourth-order valence-electron chi connectivity index (χ4n) is 0.588. The maximum Gasteiger partial charge on any atom is 0.0892 e. The Morgan fingerprint density at radius 3 is 1.50 bits per heavy atom. The van der Waals surface area contributed by atoms with Crippen LogP contribution in [-0.2, 0) is 0 Å². The van der Waals surface area contributed by atoms with Crippen LogP contribution in [-0.4, -0.2) is 12.1 Å². The number of nitroso groups, excluding NO2 is 2. The molecular weight excluding hydrogens is 132 g/mol. The van der Waals surface area contributed by atoms with E-state index in [0.29, 0.717) is 12.8 Å². The zero-order valence-electron chi connectivity index (χ0n) is 6.28. The van der Waals surface area contributed by atoms with Crippen LogP contribution in [0.1, 0.15) is 26.7 Å². The summed E-state index contributed by atoms with van der Waals surface area (Å²) in [5.41, 5.74) is 0. The summed E-state index contributed by atoms with van der Waals surface area (Å²) in [6.45, 7) is 3.45. The smallest absolute Gasteiger partial charge is 0.0892 e. The van der Waals surface area contributed by atoms with Gasteiger partial charge >= 0.3 is 0 Å². The summed E-state index contributed by atoms with van der Waals surface area (Å²) < 4.78 is 0. The van der Waals surface area contributed by atoms with Crippen molar-refractivity contribution in [3.8, 4) is 0 Å². The maximum atomic E-state index is 9.85. The first kappa shape index (κ1) is 9.20. The van der Waals surface area contributed by atoms with Gasteiger partial charge in [0.1, 0.15) is 0 Å². The van der Waals surface area contributed by atoms with Gasteiger partial charge in [-0.25, -0.2) is 0 Å². The van der Waals surface area contributed by atoms with Gasteiger partial charge < -0.3 is 0 Å².